The lowest BCUT2D eigenvalue weighted by atomic mass is 9.88. The first-order valence-corrected chi connectivity index (χ1v) is 17.5. The van der Waals surface area contributed by atoms with E-state index in [0.717, 1.165) is 37.2 Å². The van der Waals surface area contributed by atoms with Gasteiger partial charge in [0.25, 0.3) is 0 Å². The molecular weight excluding hydrogens is 813 g/mol. The highest BCUT2D eigenvalue weighted by Gasteiger charge is 2.94. The van der Waals surface area contributed by atoms with Gasteiger partial charge in [0.2, 0.25) is 6.10 Å². The number of pyridine rings is 1. The molecule has 2 aromatic heterocycles. The Labute approximate surface area is 313 Å². The molecule has 1 fully saturated rings. The fourth-order valence-electron chi connectivity index (χ4n) is 6.20. The van der Waals surface area contributed by atoms with Crippen LogP contribution in [0.25, 0.3) is 22.6 Å². The topological polar surface area (TPSA) is 47.9 Å². The van der Waals surface area contributed by atoms with E-state index >= 15 is 8.78 Å². The van der Waals surface area contributed by atoms with Gasteiger partial charge in [-0.15, -0.1) is 0 Å². The minimum Gasteiger partial charge on any atom is -0.475 e. The molecule has 1 aromatic carbocycles. The van der Waals surface area contributed by atoms with Gasteiger partial charge in [-0.05, 0) is 42.0 Å². The first-order chi connectivity index (χ1) is 26.2. The van der Waals surface area contributed by atoms with Crippen molar-refractivity contribution in [3.8, 4) is 28.4 Å². The molecule has 0 spiro atoms. The average Bonchev–Trinajstić information content (AvgIpc) is 3.92. The maximum Gasteiger partial charge on any atom is 0.460 e. The van der Waals surface area contributed by atoms with Crippen LogP contribution in [0.2, 0.25) is 0 Å². The molecule has 1 unspecified atom stereocenters. The summed E-state index contributed by atoms with van der Waals surface area (Å²) in [7, 11) is 0. The molecule has 1 aliphatic heterocycles. The lowest BCUT2D eigenvalue weighted by molar-refractivity contribution is -0.457. The predicted octanol–water partition coefficient (Wildman–Crippen LogP) is 12.5. The van der Waals surface area contributed by atoms with Gasteiger partial charge in [-0.2, -0.15) is 74.6 Å². The largest absolute Gasteiger partial charge is 0.475 e. The van der Waals surface area contributed by atoms with Crippen molar-refractivity contribution in [3.63, 3.8) is 0 Å². The van der Waals surface area contributed by atoms with Crippen molar-refractivity contribution in [1.29, 1.82) is 0 Å². The number of ether oxygens (including phenoxy) is 1. The van der Waals surface area contributed by atoms with Gasteiger partial charge >= 0.3 is 47.6 Å². The van der Waals surface area contributed by atoms with Crippen molar-refractivity contribution in [1.82, 2.24) is 15.0 Å². The van der Waals surface area contributed by atoms with Crippen molar-refractivity contribution in [2.75, 3.05) is 0 Å². The van der Waals surface area contributed by atoms with Gasteiger partial charge in [0.1, 0.15) is 11.4 Å². The second-order valence-corrected chi connectivity index (χ2v) is 14.1. The van der Waals surface area contributed by atoms with E-state index in [0.29, 0.717) is 23.3 Å². The Morgan fingerprint density at radius 2 is 1.09 bits per heavy atom. The number of nitrogens with zero attached hydrogens (tertiary/aromatic N) is 3. The summed E-state index contributed by atoms with van der Waals surface area (Å²) in [5.74, 6) is -56.3. The number of aryl methyl sites for hydroxylation is 1. The third-order valence-electron chi connectivity index (χ3n) is 9.87. The van der Waals surface area contributed by atoms with Gasteiger partial charge < -0.3 is 4.74 Å². The molecule has 0 N–H and O–H groups in total. The van der Waals surface area contributed by atoms with Crippen LogP contribution in [-0.2, 0) is 12.3 Å². The van der Waals surface area contributed by atoms with Gasteiger partial charge in [0, 0.05) is 18.0 Å². The van der Waals surface area contributed by atoms with Gasteiger partial charge in [-0.3, -0.25) is 0 Å². The normalized spacial score (nSPS) is 18.1. The molecule has 0 amide bonds. The molecule has 316 valence electrons. The lowest BCUT2D eigenvalue weighted by Gasteiger charge is -2.42. The van der Waals surface area contributed by atoms with Crippen LogP contribution in [0, 0.1) is 5.92 Å². The first-order valence-electron chi connectivity index (χ1n) is 17.5. The molecule has 1 saturated carbocycles. The average molecular weight is 846 g/mol. The van der Waals surface area contributed by atoms with E-state index in [9.17, 15) is 65.9 Å². The van der Waals surface area contributed by atoms with Crippen LogP contribution in [0.3, 0.4) is 0 Å². The number of halogens is 17. The van der Waals surface area contributed by atoms with Crippen LogP contribution < -0.4 is 4.74 Å². The van der Waals surface area contributed by atoms with Crippen LogP contribution in [-0.4, -0.2) is 62.8 Å². The number of alkyl halides is 17. The zero-order chi connectivity index (χ0) is 42.5. The van der Waals surface area contributed by atoms with E-state index in [1.165, 1.54) is 57.3 Å². The van der Waals surface area contributed by atoms with E-state index < -0.39 is 76.7 Å². The molecule has 57 heavy (non-hydrogen) atoms. The quantitative estimate of drug-likeness (QED) is 0.0945. The predicted molar refractivity (Wildman–Crippen MR) is 168 cm³/mol. The number of unbranched alkanes of at least 4 members (excludes halogenated alkanes) is 6. The summed E-state index contributed by atoms with van der Waals surface area (Å²) in [6.45, 7) is 0. The summed E-state index contributed by atoms with van der Waals surface area (Å²) in [4.78, 5) is 11.1. The minimum absolute atomic E-state index is 0.358. The third-order valence-corrected chi connectivity index (χ3v) is 9.87. The van der Waals surface area contributed by atoms with Crippen molar-refractivity contribution < 1.29 is 79.4 Å². The van der Waals surface area contributed by atoms with Gasteiger partial charge in [-0.1, -0.05) is 82.1 Å². The van der Waals surface area contributed by atoms with Crippen molar-refractivity contribution in [2.45, 2.75) is 124 Å². The summed E-state index contributed by atoms with van der Waals surface area (Å²) in [6.07, 6.45) is 2.73. The van der Waals surface area contributed by atoms with Crippen LogP contribution in [0.4, 0.5) is 74.6 Å². The van der Waals surface area contributed by atoms with E-state index in [1.807, 2.05) is 12.1 Å². The Hall–Kier alpha value is -3.94. The number of benzene rings is 1. The van der Waals surface area contributed by atoms with E-state index in [2.05, 4.69) is 19.7 Å². The van der Waals surface area contributed by atoms with Crippen LogP contribution in [0.15, 0.2) is 48.8 Å². The summed E-state index contributed by atoms with van der Waals surface area (Å²) in [5.41, 5.74) is -0.603. The molecule has 5 rings (SSSR count). The van der Waals surface area contributed by atoms with Crippen molar-refractivity contribution in [3.05, 3.63) is 60.0 Å². The Kier molecular flexibility index (Phi) is 11.9. The van der Waals surface area contributed by atoms with E-state index in [4.69, 9.17) is 0 Å². The highest BCUT2D eigenvalue weighted by molar-refractivity contribution is 5.63. The second kappa shape index (κ2) is 15.3. The summed E-state index contributed by atoms with van der Waals surface area (Å²) in [5, 5.41) is 0. The van der Waals surface area contributed by atoms with Crippen LogP contribution in [0.1, 0.15) is 75.5 Å². The molecule has 1 aliphatic carbocycles. The Balaban J connectivity index is 1.25. The van der Waals surface area contributed by atoms with Gasteiger partial charge in [0.15, 0.2) is 11.5 Å². The molecule has 0 saturated heterocycles. The molecule has 0 radical (unpaired) electrons. The number of fused-ring (bicyclic) bond motifs is 1. The number of hydrogen-bond acceptors (Lipinski definition) is 4. The summed E-state index contributed by atoms with van der Waals surface area (Å²) >= 11 is 0. The smallest absolute Gasteiger partial charge is 0.460 e. The van der Waals surface area contributed by atoms with Crippen molar-refractivity contribution in [2.24, 2.45) is 5.92 Å². The maximum atomic E-state index is 15.2. The fraction of sp³-hybridized carbons (Fsp3) is 0.583. The third kappa shape index (κ3) is 7.96. The molecule has 1 atom stereocenters. The van der Waals surface area contributed by atoms with E-state index in [-0.39, 0.29) is 0 Å². The Morgan fingerprint density at radius 1 is 0.579 bits per heavy atom. The van der Waals surface area contributed by atoms with Crippen LogP contribution >= 0.6 is 0 Å². The lowest BCUT2D eigenvalue weighted by Crippen LogP contribution is -2.74. The molecular formula is C36H32F17N3O. The molecule has 21 heteroatoms. The SMILES string of the molecule is FC1(F)c2nc(-c3ncc(-c4ccc(CCCCCCCCCC5CC5)cc4)cn3)ccc2OC1C(F)(F)C(F)(F)C(F)(F)C(F)(F)C(F)(F)C(F)(F)C(F)(F)F. The molecule has 3 heterocycles. The van der Waals surface area contributed by atoms with E-state index in [1.54, 1.807) is 12.1 Å². The molecule has 3 aromatic rings. The van der Waals surface area contributed by atoms with Gasteiger partial charge in [0.05, 0.1) is 0 Å². The second-order valence-electron chi connectivity index (χ2n) is 14.1. The number of rotatable bonds is 18. The molecule has 4 nitrogen and oxygen atoms in total. The maximum absolute atomic E-state index is 15.2. The summed E-state index contributed by atoms with van der Waals surface area (Å²) < 4.78 is 240. The molecule has 0 bridgehead atoms. The van der Waals surface area contributed by atoms with Crippen LogP contribution in [0.5, 0.6) is 5.75 Å². The Bertz CT molecular complexity index is 1840. The first kappa shape index (κ1) is 44.2. The summed E-state index contributed by atoms with van der Waals surface area (Å²) in [6, 6.07) is 8.34. The zero-order valence-electron chi connectivity index (χ0n) is 29.2. The highest BCUT2D eigenvalue weighted by Crippen LogP contribution is 2.64. The zero-order valence-corrected chi connectivity index (χ0v) is 29.2. The Morgan fingerprint density at radius 3 is 1.63 bits per heavy atom. The fourth-order valence-corrected chi connectivity index (χ4v) is 6.20. The monoisotopic (exact) mass is 845 g/mol. The van der Waals surface area contributed by atoms with Gasteiger partial charge in [-0.25, -0.2) is 15.0 Å². The van der Waals surface area contributed by atoms with Crippen molar-refractivity contribution >= 4 is 0 Å². The standard InChI is InChI=1S/C36H32F17N3O/c37-29(38)26-25(57-28(29)30(39,40)31(41,42)32(43,44)33(45,46)34(47,48)35(49,50)36(51,52)53)17-16-24(56-26)27-54-18-23(19-55-27)22-14-12-21(13-15-22)9-7-5-3-1-2-4-6-8-20-10-11-20/h12-20,28H,1-11H2. The molecule has 2 aliphatic rings. The number of aromatic nitrogens is 3. The minimum atomic E-state index is -8.64. The highest BCUT2D eigenvalue weighted by atomic mass is 19.4. The number of hydrogen-bond donors (Lipinski definition) is 0.